The summed E-state index contributed by atoms with van der Waals surface area (Å²) in [4.78, 5) is 4.13. The average molecular weight is 271 g/mol. The highest BCUT2D eigenvalue weighted by Crippen LogP contribution is 2.25. The molecule has 1 aliphatic rings. The molecule has 1 aromatic heterocycles. The summed E-state index contributed by atoms with van der Waals surface area (Å²) >= 11 is 0. The zero-order chi connectivity index (χ0) is 13.8. The number of hydrogen-bond acceptors (Lipinski definition) is 3. The first-order valence-electron chi connectivity index (χ1n) is 7.32. The number of hydrogen-bond donors (Lipinski definition) is 1. The van der Waals surface area contributed by atoms with E-state index in [0.717, 1.165) is 37.2 Å². The number of ether oxygens (including phenoxy) is 1. The number of para-hydroxylation sites is 2. The number of aromatic nitrogens is 2. The average Bonchev–Trinajstić information content (AvgIpc) is 3.02. The van der Waals surface area contributed by atoms with Crippen LogP contribution in [0.15, 0.2) is 43.0 Å². The van der Waals surface area contributed by atoms with E-state index in [4.69, 9.17) is 4.74 Å². The summed E-state index contributed by atoms with van der Waals surface area (Å²) in [6, 6.07) is 8.85. The number of nitrogens with zero attached hydrogens (tertiary/aromatic N) is 2. The molecule has 1 saturated heterocycles. The van der Waals surface area contributed by atoms with Gasteiger partial charge in [-0.15, -0.1) is 0 Å². The van der Waals surface area contributed by atoms with E-state index in [9.17, 15) is 0 Å². The first kappa shape index (κ1) is 13.2. The molecule has 0 saturated carbocycles. The normalized spacial score (nSPS) is 22.6. The van der Waals surface area contributed by atoms with Crippen LogP contribution in [0.25, 0.3) is 5.69 Å². The van der Waals surface area contributed by atoms with Crippen molar-refractivity contribution in [2.45, 2.75) is 38.3 Å². The molecule has 4 nitrogen and oxygen atoms in total. The molecule has 1 fully saturated rings. The van der Waals surface area contributed by atoms with Crippen molar-refractivity contribution in [3.63, 3.8) is 0 Å². The van der Waals surface area contributed by atoms with Crippen LogP contribution in [0.2, 0.25) is 0 Å². The lowest BCUT2D eigenvalue weighted by molar-refractivity contribution is 0.00925. The summed E-state index contributed by atoms with van der Waals surface area (Å²) < 4.78 is 7.78. The van der Waals surface area contributed by atoms with E-state index >= 15 is 0 Å². The topological polar surface area (TPSA) is 39.1 Å². The van der Waals surface area contributed by atoms with Gasteiger partial charge in [-0.2, -0.15) is 0 Å². The number of rotatable bonds is 4. The lowest BCUT2D eigenvalue weighted by atomic mass is 10.0. The Hall–Kier alpha value is -1.81. The summed E-state index contributed by atoms with van der Waals surface area (Å²) in [6.45, 7) is 3.04. The van der Waals surface area contributed by atoms with E-state index in [0.29, 0.717) is 12.1 Å². The molecule has 1 aliphatic heterocycles. The minimum Gasteiger partial charge on any atom is -0.380 e. The van der Waals surface area contributed by atoms with Crippen molar-refractivity contribution >= 4 is 5.69 Å². The lowest BCUT2D eigenvalue weighted by Gasteiger charge is -2.30. The highest BCUT2D eigenvalue weighted by Gasteiger charge is 2.21. The van der Waals surface area contributed by atoms with Crippen LogP contribution in [-0.2, 0) is 4.74 Å². The Kier molecular flexibility index (Phi) is 4.02. The van der Waals surface area contributed by atoms with Gasteiger partial charge in [-0.3, -0.25) is 0 Å². The third kappa shape index (κ3) is 2.85. The minimum absolute atomic E-state index is 0.390. The fraction of sp³-hybridized carbons (Fsp3) is 0.438. The third-order valence-corrected chi connectivity index (χ3v) is 3.87. The monoisotopic (exact) mass is 271 g/mol. The van der Waals surface area contributed by atoms with Crippen LogP contribution in [0.5, 0.6) is 0 Å². The summed E-state index contributed by atoms with van der Waals surface area (Å²) in [5.41, 5.74) is 2.30. The maximum atomic E-state index is 5.74. The Morgan fingerprint density at radius 3 is 3.10 bits per heavy atom. The van der Waals surface area contributed by atoms with Gasteiger partial charge in [-0.1, -0.05) is 19.1 Å². The number of benzene rings is 1. The van der Waals surface area contributed by atoms with Crippen molar-refractivity contribution in [2.75, 3.05) is 11.9 Å². The van der Waals surface area contributed by atoms with Gasteiger partial charge in [0, 0.05) is 25.0 Å². The zero-order valence-electron chi connectivity index (χ0n) is 11.8. The molecular weight excluding hydrogens is 250 g/mol. The molecule has 2 aromatic rings. The Morgan fingerprint density at radius 1 is 1.40 bits per heavy atom. The van der Waals surface area contributed by atoms with Gasteiger partial charge < -0.3 is 14.6 Å². The molecule has 0 spiro atoms. The highest BCUT2D eigenvalue weighted by atomic mass is 16.5. The second-order valence-electron chi connectivity index (χ2n) is 5.25. The van der Waals surface area contributed by atoms with Crippen LogP contribution in [0.3, 0.4) is 0 Å². The van der Waals surface area contributed by atoms with Crippen molar-refractivity contribution in [3.05, 3.63) is 43.0 Å². The molecule has 2 atom stereocenters. The van der Waals surface area contributed by atoms with Crippen molar-refractivity contribution in [1.29, 1.82) is 0 Å². The molecule has 2 unspecified atom stereocenters. The van der Waals surface area contributed by atoms with Gasteiger partial charge in [-0.05, 0) is 31.4 Å². The zero-order valence-corrected chi connectivity index (χ0v) is 11.8. The van der Waals surface area contributed by atoms with E-state index < -0.39 is 0 Å². The maximum absolute atomic E-state index is 5.74. The van der Waals surface area contributed by atoms with E-state index in [1.54, 1.807) is 6.20 Å². The molecule has 0 aliphatic carbocycles. The van der Waals surface area contributed by atoms with Crippen molar-refractivity contribution in [3.8, 4) is 5.69 Å². The van der Waals surface area contributed by atoms with Crippen molar-refractivity contribution in [2.24, 2.45) is 0 Å². The summed E-state index contributed by atoms with van der Waals surface area (Å²) in [5, 5.41) is 3.67. The second kappa shape index (κ2) is 6.09. The maximum Gasteiger partial charge on any atom is 0.0992 e. The molecule has 3 rings (SSSR count). The largest absolute Gasteiger partial charge is 0.380 e. The standard InChI is InChI=1S/C16H21N3O/c1-2-14-11-13(7-10-20-14)18-15-5-3-4-6-16(15)19-9-8-17-12-19/h3-6,8-9,12-14,18H,2,7,10-11H2,1H3. The molecule has 106 valence electrons. The summed E-state index contributed by atoms with van der Waals surface area (Å²) in [7, 11) is 0. The Morgan fingerprint density at radius 2 is 2.30 bits per heavy atom. The van der Waals surface area contributed by atoms with Crippen LogP contribution < -0.4 is 5.32 Å². The molecule has 2 heterocycles. The number of nitrogens with one attached hydrogen (secondary N) is 1. The molecular formula is C16H21N3O. The van der Waals surface area contributed by atoms with Gasteiger partial charge in [-0.25, -0.2) is 4.98 Å². The van der Waals surface area contributed by atoms with Crippen LogP contribution >= 0.6 is 0 Å². The van der Waals surface area contributed by atoms with Gasteiger partial charge in [0.15, 0.2) is 0 Å². The fourth-order valence-corrected chi connectivity index (χ4v) is 2.74. The Bertz CT molecular complexity index is 538. The van der Waals surface area contributed by atoms with Crippen LogP contribution in [0.1, 0.15) is 26.2 Å². The van der Waals surface area contributed by atoms with Crippen LogP contribution in [0.4, 0.5) is 5.69 Å². The lowest BCUT2D eigenvalue weighted by Crippen LogP contribution is -2.33. The van der Waals surface area contributed by atoms with Gasteiger partial charge in [0.2, 0.25) is 0 Å². The van der Waals surface area contributed by atoms with Gasteiger partial charge >= 0.3 is 0 Å². The first-order chi connectivity index (χ1) is 9.86. The molecule has 0 radical (unpaired) electrons. The molecule has 1 N–H and O–H groups in total. The van der Waals surface area contributed by atoms with E-state index in [1.165, 1.54) is 0 Å². The predicted molar refractivity (Wildman–Crippen MR) is 80.2 cm³/mol. The molecule has 1 aromatic carbocycles. The fourth-order valence-electron chi connectivity index (χ4n) is 2.74. The smallest absolute Gasteiger partial charge is 0.0992 e. The predicted octanol–water partition coefficient (Wildman–Crippen LogP) is 3.24. The van der Waals surface area contributed by atoms with Gasteiger partial charge in [0.1, 0.15) is 0 Å². The quantitative estimate of drug-likeness (QED) is 0.928. The molecule has 0 amide bonds. The first-order valence-corrected chi connectivity index (χ1v) is 7.32. The Labute approximate surface area is 119 Å². The SMILES string of the molecule is CCC1CC(Nc2ccccc2-n2ccnc2)CCO1. The second-order valence-corrected chi connectivity index (χ2v) is 5.25. The van der Waals surface area contributed by atoms with Crippen LogP contribution in [-0.4, -0.2) is 28.3 Å². The summed E-state index contributed by atoms with van der Waals surface area (Å²) in [6.07, 6.45) is 9.23. The molecule has 4 heteroatoms. The third-order valence-electron chi connectivity index (χ3n) is 3.87. The Balaban J connectivity index is 1.77. The minimum atomic E-state index is 0.390. The number of imidazole rings is 1. The van der Waals surface area contributed by atoms with Crippen molar-refractivity contribution < 1.29 is 4.74 Å². The number of anilines is 1. The van der Waals surface area contributed by atoms with E-state index in [-0.39, 0.29) is 0 Å². The van der Waals surface area contributed by atoms with E-state index in [2.05, 4.69) is 41.5 Å². The van der Waals surface area contributed by atoms with Gasteiger partial charge in [0.05, 0.1) is 23.8 Å². The summed E-state index contributed by atoms with van der Waals surface area (Å²) in [5.74, 6) is 0. The molecule has 0 bridgehead atoms. The van der Waals surface area contributed by atoms with Gasteiger partial charge in [0.25, 0.3) is 0 Å². The molecule has 20 heavy (non-hydrogen) atoms. The van der Waals surface area contributed by atoms with Crippen LogP contribution in [0, 0.1) is 0 Å². The van der Waals surface area contributed by atoms with Crippen molar-refractivity contribution in [1.82, 2.24) is 9.55 Å². The highest BCUT2D eigenvalue weighted by molar-refractivity contribution is 5.61. The van der Waals surface area contributed by atoms with E-state index in [1.807, 2.05) is 17.1 Å².